The fourth-order valence-corrected chi connectivity index (χ4v) is 10.4. The topological polar surface area (TPSA) is 105 Å². The summed E-state index contributed by atoms with van der Waals surface area (Å²) in [5, 5.41) is 14.0. The first kappa shape index (κ1) is 73.5. The Morgan fingerprint density at radius 1 is 0.453 bits per heavy atom. The second-order valence-electron chi connectivity index (χ2n) is 23.5. The number of nitrogens with one attached hydrogen (secondary N) is 1. The van der Waals surface area contributed by atoms with Gasteiger partial charge in [0.1, 0.15) is 13.2 Å². The maximum Gasteiger partial charge on any atom is 0.472 e. The summed E-state index contributed by atoms with van der Waals surface area (Å²) in [5.74, 6) is -0.182. The van der Waals surface area contributed by atoms with Crippen LogP contribution in [0, 0.1) is 0 Å². The number of phosphoric ester groups is 1. The van der Waals surface area contributed by atoms with E-state index in [0.29, 0.717) is 17.4 Å². The summed E-state index contributed by atoms with van der Waals surface area (Å²) in [6, 6.07) is -0.864. The quantitative estimate of drug-likeness (QED) is 0.0243. The molecule has 3 unspecified atom stereocenters. The van der Waals surface area contributed by atoms with Crippen LogP contribution in [0.15, 0.2) is 48.6 Å². The van der Waals surface area contributed by atoms with E-state index in [1.165, 1.54) is 250 Å². The van der Waals surface area contributed by atoms with Gasteiger partial charge in [-0.15, -0.1) is 0 Å². The lowest BCUT2D eigenvalue weighted by Crippen LogP contribution is -2.45. The van der Waals surface area contributed by atoms with Gasteiger partial charge in [0, 0.05) is 6.42 Å². The molecule has 0 bridgehead atoms. The Bertz CT molecular complexity index is 1360. The Labute approximate surface area is 467 Å². The first-order valence-electron chi connectivity index (χ1n) is 32.5. The van der Waals surface area contributed by atoms with E-state index >= 15 is 0 Å². The van der Waals surface area contributed by atoms with Gasteiger partial charge in [-0.25, -0.2) is 4.57 Å². The van der Waals surface area contributed by atoms with Crippen molar-refractivity contribution in [1.29, 1.82) is 0 Å². The number of allylic oxidation sites excluding steroid dienone is 7. The molecule has 0 saturated carbocycles. The van der Waals surface area contributed by atoms with Gasteiger partial charge in [0.05, 0.1) is 39.9 Å². The zero-order valence-electron chi connectivity index (χ0n) is 50.6. The fourth-order valence-electron chi connectivity index (χ4n) is 9.68. The number of likely N-dealkylation sites (N-methyl/N-ethyl adjacent to an activating group) is 1. The second kappa shape index (κ2) is 57.2. The predicted octanol–water partition coefficient (Wildman–Crippen LogP) is 20.3. The number of quaternary nitrogens is 1. The molecule has 0 aliphatic heterocycles. The molecule has 3 atom stereocenters. The van der Waals surface area contributed by atoms with E-state index in [4.69, 9.17) is 9.05 Å². The Kier molecular flexibility index (Phi) is 56.0. The molecule has 0 aromatic heterocycles. The van der Waals surface area contributed by atoms with E-state index in [1.807, 2.05) is 27.2 Å². The number of aliphatic hydroxyl groups excluding tert-OH is 1. The Hall–Kier alpha value is -1.54. The van der Waals surface area contributed by atoms with E-state index < -0.39 is 20.0 Å². The molecule has 75 heavy (non-hydrogen) atoms. The summed E-state index contributed by atoms with van der Waals surface area (Å²) in [7, 11) is 1.57. The highest BCUT2D eigenvalue weighted by Gasteiger charge is 2.27. The minimum Gasteiger partial charge on any atom is -0.387 e. The molecular formula is C66H128N2O6P+. The number of rotatable bonds is 60. The average Bonchev–Trinajstić information content (AvgIpc) is 3.37. The second-order valence-corrected chi connectivity index (χ2v) is 24.9. The lowest BCUT2D eigenvalue weighted by molar-refractivity contribution is -0.870. The molecule has 0 aromatic rings. The van der Waals surface area contributed by atoms with Gasteiger partial charge in [-0.2, -0.15) is 0 Å². The van der Waals surface area contributed by atoms with E-state index in [1.54, 1.807) is 6.08 Å². The van der Waals surface area contributed by atoms with E-state index in [9.17, 15) is 19.4 Å². The third kappa shape index (κ3) is 60.0. The van der Waals surface area contributed by atoms with Gasteiger partial charge in [-0.1, -0.05) is 294 Å². The summed E-state index contributed by atoms with van der Waals surface area (Å²) in [4.78, 5) is 23.4. The minimum absolute atomic E-state index is 0.0570. The molecule has 3 N–H and O–H groups in total. The van der Waals surface area contributed by atoms with E-state index in [-0.39, 0.29) is 19.1 Å². The van der Waals surface area contributed by atoms with Crippen LogP contribution in [0.25, 0.3) is 0 Å². The molecule has 0 spiro atoms. The highest BCUT2D eigenvalue weighted by Crippen LogP contribution is 2.43. The third-order valence-electron chi connectivity index (χ3n) is 14.8. The molecule has 442 valence electrons. The number of hydrogen-bond donors (Lipinski definition) is 3. The van der Waals surface area contributed by atoms with Crippen molar-refractivity contribution >= 4 is 13.7 Å². The molecule has 0 heterocycles. The number of aliphatic hydroxyl groups is 1. The van der Waals surface area contributed by atoms with Gasteiger partial charge in [0.2, 0.25) is 5.91 Å². The average molecular weight is 1080 g/mol. The van der Waals surface area contributed by atoms with Crippen LogP contribution in [0.2, 0.25) is 0 Å². The summed E-state index contributed by atoms with van der Waals surface area (Å²) in [5.41, 5.74) is 0. The molecule has 0 radical (unpaired) electrons. The summed E-state index contributed by atoms with van der Waals surface area (Å²) >= 11 is 0. The summed E-state index contributed by atoms with van der Waals surface area (Å²) in [6.45, 7) is 4.83. The fraction of sp³-hybridized carbons (Fsp3) is 0.864. The monoisotopic (exact) mass is 1080 g/mol. The molecule has 1 amide bonds. The van der Waals surface area contributed by atoms with Crippen LogP contribution in [0.5, 0.6) is 0 Å². The minimum atomic E-state index is -4.36. The molecule has 0 fully saturated rings. The largest absolute Gasteiger partial charge is 0.472 e. The number of carbonyl (C=O) groups is 1. The molecule has 0 aliphatic rings. The first-order valence-corrected chi connectivity index (χ1v) is 34.0. The van der Waals surface area contributed by atoms with Crippen LogP contribution < -0.4 is 5.32 Å². The van der Waals surface area contributed by atoms with Crippen molar-refractivity contribution < 1.29 is 32.9 Å². The standard InChI is InChI=1S/C66H127N2O6P/c1-6-8-10-12-14-16-18-20-22-24-26-28-30-31-32-33-34-35-36-37-38-40-42-44-46-48-50-52-54-56-58-60-66(70)67-64(63-74-75(71,72)73-62-61-68(3,4)5)65(69)59-57-55-53-51-49-47-45-43-41-39-29-27-25-23-21-19-17-15-13-11-9-7-2/h18,20,24,26,49,51,57,59,64-65,69H,6-17,19,21-23,25,27-48,50,52-56,58,60-63H2,1-5H3,(H-,67,70,71,72)/p+1/b20-18-,26-24-,51-49+,59-57+. The highest BCUT2D eigenvalue weighted by molar-refractivity contribution is 7.47. The van der Waals surface area contributed by atoms with Crippen LogP contribution in [0.3, 0.4) is 0 Å². The van der Waals surface area contributed by atoms with Gasteiger partial charge in [0.15, 0.2) is 0 Å². The van der Waals surface area contributed by atoms with Gasteiger partial charge >= 0.3 is 7.82 Å². The normalized spacial score (nSPS) is 14.1. The number of nitrogens with zero attached hydrogens (tertiary/aromatic N) is 1. The molecule has 0 rings (SSSR count). The van der Waals surface area contributed by atoms with Crippen LogP contribution in [-0.2, 0) is 18.4 Å². The highest BCUT2D eigenvalue weighted by atomic mass is 31.2. The summed E-state index contributed by atoms with van der Waals surface area (Å²) in [6.07, 6.45) is 76.7. The van der Waals surface area contributed by atoms with Crippen molar-refractivity contribution in [1.82, 2.24) is 5.32 Å². The van der Waals surface area contributed by atoms with Crippen molar-refractivity contribution in [2.24, 2.45) is 0 Å². The number of hydrogen-bond acceptors (Lipinski definition) is 5. The SMILES string of the molecule is CCCCCCC/C=C\C/C=C\CCCCCCCCCCCCCCCCCCCCCC(=O)NC(COP(=O)(O)OCC[N+](C)(C)C)C(O)/C=C/CC/C=C/CCCCCCCCCCCCCCCCCC. The number of unbranched alkanes of at least 4 members (excludes halogenated alkanes) is 41. The number of amides is 1. The van der Waals surface area contributed by atoms with E-state index in [2.05, 4.69) is 55.6 Å². The van der Waals surface area contributed by atoms with Crippen molar-refractivity contribution in [2.75, 3.05) is 40.9 Å². The molecule has 8 nitrogen and oxygen atoms in total. The maximum atomic E-state index is 13.0. The lowest BCUT2D eigenvalue weighted by Gasteiger charge is -2.25. The van der Waals surface area contributed by atoms with Gasteiger partial charge in [-0.3, -0.25) is 13.8 Å². The van der Waals surface area contributed by atoms with Crippen LogP contribution in [-0.4, -0.2) is 73.4 Å². The van der Waals surface area contributed by atoms with Crippen LogP contribution >= 0.6 is 7.82 Å². The van der Waals surface area contributed by atoms with Gasteiger partial charge < -0.3 is 19.8 Å². The molecule has 0 saturated heterocycles. The molecule has 0 aliphatic carbocycles. The molecule has 9 heteroatoms. The van der Waals surface area contributed by atoms with Gasteiger partial charge in [0.25, 0.3) is 0 Å². The first-order chi connectivity index (χ1) is 36.5. The van der Waals surface area contributed by atoms with Crippen molar-refractivity contribution in [3.63, 3.8) is 0 Å². The Morgan fingerprint density at radius 3 is 1.15 bits per heavy atom. The Morgan fingerprint density at radius 2 is 0.773 bits per heavy atom. The van der Waals surface area contributed by atoms with Crippen LogP contribution in [0.1, 0.15) is 316 Å². The zero-order chi connectivity index (χ0) is 54.9. The molecular weight excluding hydrogens is 948 g/mol. The van der Waals surface area contributed by atoms with Crippen LogP contribution in [0.4, 0.5) is 0 Å². The van der Waals surface area contributed by atoms with Crippen molar-refractivity contribution in [2.45, 2.75) is 328 Å². The van der Waals surface area contributed by atoms with Crippen molar-refractivity contribution in [3.8, 4) is 0 Å². The number of phosphoric acid groups is 1. The third-order valence-corrected chi connectivity index (χ3v) is 15.8. The van der Waals surface area contributed by atoms with E-state index in [0.717, 1.165) is 44.9 Å². The Balaban J connectivity index is 4.11. The summed E-state index contributed by atoms with van der Waals surface area (Å²) < 4.78 is 23.8. The van der Waals surface area contributed by atoms with Gasteiger partial charge in [-0.05, 0) is 64.2 Å². The number of carbonyl (C=O) groups excluding carboxylic acids is 1. The maximum absolute atomic E-state index is 13.0. The smallest absolute Gasteiger partial charge is 0.387 e. The lowest BCUT2D eigenvalue weighted by atomic mass is 10.0. The molecule has 0 aromatic carbocycles. The zero-order valence-corrected chi connectivity index (χ0v) is 51.4. The van der Waals surface area contributed by atoms with Crippen molar-refractivity contribution in [3.05, 3.63) is 48.6 Å². The predicted molar refractivity (Wildman–Crippen MR) is 327 cm³/mol.